The Balaban J connectivity index is 0.820. The third-order valence-electron chi connectivity index (χ3n) is 19.6. The molecule has 6 heterocycles. The minimum Gasteiger partial charge on any atom is -0.307 e. The van der Waals surface area contributed by atoms with Crippen LogP contribution in [-0.2, 0) is 0 Å². The fourth-order valence-electron chi connectivity index (χ4n) is 15.3. The third-order valence-corrected chi connectivity index (χ3v) is 19.6. The van der Waals surface area contributed by atoms with E-state index in [2.05, 4.69) is 316 Å². The van der Waals surface area contributed by atoms with Crippen molar-refractivity contribution in [2.24, 2.45) is 0 Å². The molecule has 9 heteroatoms. The Labute approximate surface area is 562 Å². The van der Waals surface area contributed by atoms with Gasteiger partial charge >= 0.3 is 0 Å². The maximum atomic E-state index is 5.76. The van der Waals surface area contributed by atoms with Crippen LogP contribution in [0.4, 0.5) is 0 Å². The van der Waals surface area contributed by atoms with E-state index in [9.17, 15) is 0 Å². The molecule has 0 radical (unpaired) electrons. The monoisotopic (exact) mass is 1250 g/mol. The molecule has 0 amide bonds. The normalized spacial score (nSPS) is 11.9. The molecule has 0 N–H and O–H groups in total. The van der Waals surface area contributed by atoms with E-state index in [1.807, 2.05) is 36.4 Å². The summed E-state index contributed by atoms with van der Waals surface area (Å²) < 4.78 is 9.74. The molecule has 0 saturated heterocycles. The molecule has 9 nitrogen and oxygen atoms in total. The van der Waals surface area contributed by atoms with E-state index < -0.39 is 0 Å². The Morgan fingerprint density at radius 2 is 0.612 bits per heavy atom. The van der Waals surface area contributed by atoms with Gasteiger partial charge in [-0.15, -0.1) is 0 Å². The van der Waals surface area contributed by atoms with Gasteiger partial charge in [-0.2, -0.15) is 0 Å². The van der Waals surface area contributed by atoms with E-state index in [4.69, 9.17) is 24.9 Å². The van der Waals surface area contributed by atoms with Crippen molar-refractivity contribution in [2.75, 3.05) is 0 Å². The van der Waals surface area contributed by atoms with Gasteiger partial charge in [0.2, 0.25) is 0 Å². The Bertz CT molecular complexity index is 6550. The lowest BCUT2D eigenvalue weighted by molar-refractivity contribution is 1.05. The zero-order valence-electron chi connectivity index (χ0n) is 52.8. The van der Waals surface area contributed by atoms with Gasteiger partial charge in [0, 0.05) is 94.0 Å². The molecule has 98 heavy (non-hydrogen) atoms. The molecule has 0 spiro atoms. The first-order valence-electron chi connectivity index (χ1n) is 33.1. The lowest BCUT2D eigenvalue weighted by Crippen LogP contribution is -2.04. The first-order valence-corrected chi connectivity index (χ1v) is 33.1. The van der Waals surface area contributed by atoms with Crippen LogP contribution in [0.5, 0.6) is 0 Å². The summed E-state index contributed by atoms with van der Waals surface area (Å²) in [5.74, 6) is 3.18. The summed E-state index contributed by atoms with van der Waals surface area (Å²) in [5.41, 5.74) is 19.4. The van der Waals surface area contributed by atoms with Gasteiger partial charge < -0.3 is 13.7 Å². The van der Waals surface area contributed by atoms with Crippen LogP contribution in [0.1, 0.15) is 0 Å². The highest BCUT2D eigenvalue weighted by Crippen LogP contribution is 2.47. The lowest BCUT2D eigenvalue weighted by atomic mass is 9.97. The van der Waals surface area contributed by atoms with Gasteiger partial charge in [0.05, 0.1) is 49.8 Å². The molecule has 456 valence electrons. The van der Waals surface area contributed by atoms with E-state index in [0.29, 0.717) is 23.3 Å². The maximum Gasteiger partial charge on any atom is 0.164 e. The minimum atomic E-state index is 0.582. The summed E-state index contributed by atoms with van der Waals surface area (Å²) in [5, 5.41) is 11.6. The second-order valence-corrected chi connectivity index (χ2v) is 25.1. The fourth-order valence-corrected chi connectivity index (χ4v) is 15.3. The molecule has 0 unspecified atom stereocenters. The van der Waals surface area contributed by atoms with E-state index in [1.165, 1.54) is 26.9 Å². The third kappa shape index (κ3) is 8.70. The summed E-state index contributed by atoms with van der Waals surface area (Å²) in [4.78, 5) is 26.8. The van der Waals surface area contributed by atoms with Crippen LogP contribution in [0.2, 0.25) is 0 Å². The quantitative estimate of drug-likeness (QED) is 0.136. The molecule has 0 saturated carbocycles. The predicted molar refractivity (Wildman–Crippen MR) is 403 cm³/mol. The SMILES string of the molecule is c1ccc(-c2cc(-n3c4ccccc4c4ccc5c6ccccc6n(-c6ccc7ccccc7c6)c5c43)nc(-c3cccc(-c4cccc5c4c4ccc6c7ccccc7n(-c7ccccc7)c6c4n5-c4cccc(-c5nc(-c6ccccc6)nc(-c6ccccc6)n5)c4)c3)n2)cc1. The van der Waals surface area contributed by atoms with E-state index in [-0.39, 0.29) is 0 Å². The molecule has 0 fully saturated rings. The molecular formula is C89H55N9. The molecular weight excluding hydrogens is 1200 g/mol. The molecule has 0 aliphatic heterocycles. The van der Waals surface area contributed by atoms with Gasteiger partial charge in [0.25, 0.3) is 0 Å². The molecule has 0 aliphatic rings. The van der Waals surface area contributed by atoms with Gasteiger partial charge in [-0.05, 0) is 88.6 Å². The lowest BCUT2D eigenvalue weighted by Gasteiger charge is -2.15. The summed E-state index contributed by atoms with van der Waals surface area (Å²) in [6.45, 7) is 0. The van der Waals surface area contributed by atoms with Crippen LogP contribution in [0.25, 0.3) is 189 Å². The Morgan fingerprint density at radius 1 is 0.204 bits per heavy atom. The molecule has 6 aromatic heterocycles. The number of hydrogen-bond donors (Lipinski definition) is 0. The zero-order valence-corrected chi connectivity index (χ0v) is 52.8. The maximum absolute atomic E-state index is 5.76. The Hall–Kier alpha value is -13.4. The average molecular weight is 1250 g/mol. The summed E-state index contributed by atoms with van der Waals surface area (Å²) in [6.07, 6.45) is 0. The van der Waals surface area contributed by atoms with Crippen molar-refractivity contribution in [3.8, 4) is 90.8 Å². The molecule has 20 aromatic rings. The zero-order chi connectivity index (χ0) is 64.4. The van der Waals surface area contributed by atoms with Gasteiger partial charge in [-0.1, -0.05) is 261 Å². The summed E-state index contributed by atoms with van der Waals surface area (Å²) in [7, 11) is 0. The number of benzene rings is 14. The topological polar surface area (TPSA) is 84.2 Å². The highest BCUT2D eigenvalue weighted by atomic mass is 15.1. The number of rotatable bonds is 10. The van der Waals surface area contributed by atoms with Crippen molar-refractivity contribution in [1.29, 1.82) is 0 Å². The van der Waals surface area contributed by atoms with E-state index in [0.717, 1.165) is 139 Å². The number of hydrogen-bond acceptors (Lipinski definition) is 5. The predicted octanol–water partition coefficient (Wildman–Crippen LogP) is 22.2. The largest absolute Gasteiger partial charge is 0.307 e. The van der Waals surface area contributed by atoms with Crippen LogP contribution in [0, 0.1) is 0 Å². The summed E-state index contributed by atoms with van der Waals surface area (Å²) in [6, 6.07) is 119. The fraction of sp³-hybridized carbons (Fsp3) is 0. The van der Waals surface area contributed by atoms with Crippen LogP contribution >= 0.6 is 0 Å². The van der Waals surface area contributed by atoms with Crippen molar-refractivity contribution in [1.82, 2.24) is 43.2 Å². The van der Waals surface area contributed by atoms with Gasteiger partial charge in [0.15, 0.2) is 23.3 Å². The molecule has 20 rings (SSSR count). The van der Waals surface area contributed by atoms with Gasteiger partial charge in [-0.3, -0.25) is 4.57 Å². The average Bonchev–Trinajstić information content (AvgIpc) is 1.55. The van der Waals surface area contributed by atoms with Crippen molar-refractivity contribution in [3.05, 3.63) is 334 Å². The number of para-hydroxylation sites is 4. The van der Waals surface area contributed by atoms with E-state index >= 15 is 0 Å². The molecule has 0 bridgehead atoms. The second-order valence-electron chi connectivity index (χ2n) is 25.1. The Kier molecular flexibility index (Phi) is 12.4. The minimum absolute atomic E-state index is 0.582. The van der Waals surface area contributed by atoms with Crippen molar-refractivity contribution in [2.45, 2.75) is 0 Å². The van der Waals surface area contributed by atoms with Crippen molar-refractivity contribution < 1.29 is 0 Å². The van der Waals surface area contributed by atoms with Crippen LogP contribution < -0.4 is 0 Å². The second kappa shape index (κ2) is 22.1. The van der Waals surface area contributed by atoms with Gasteiger partial charge in [0.1, 0.15) is 5.82 Å². The standard InChI is InChI=1S/C89H55N9/c1-5-25-57(26-6-1)75-55-80(98-78-44-20-17-40-70(78)73-49-48-71-69-39-16-19-43-77(69)96(82(71)84(73)98)66-47-46-56-24-13-14-31-60(56)53-66)91-88(90-75)62-33-21-32-61(52-62)67-41-23-45-79-81(67)74-51-50-72-68-38-15-18-42-76(68)95(64-35-11-4-12-36-64)83(72)85(74)97(79)65-37-22-34-63(54-65)89-93-86(58-27-7-2-8-28-58)92-87(94-89)59-29-9-3-10-30-59/h1-55H. The highest BCUT2D eigenvalue weighted by molar-refractivity contribution is 6.27. The molecule has 14 aromatic carbocycles. The van der Waals surface area contributed by atoms with E-state index in [1.54, 1.807) is 0 Å². The van der Waals surface area contributed by atoms with Crippen LogP contribution in [0.15, 0.2) is 334 Å². The number of fused-ring (bicyclic) bond motifs is 15. The first-order chi connectivity index (χ1) is 48.6. The van der Waals surface area contributed by atoms with Crippen molar-refractivity contribution in [3.63, 3.8) is 0 Å². The number of nitrogens with zero attached hydrogens (tertiary/aromatic N) is 9. The summed E-state index contributed by atoms with van der Waals surface area (Å²) >= 11 is 0. The first kappa shape index (κ1) is 55.1. The molecule has 0 aliphatic carbocycles. The molecule has 0 atom stereocenters. The van der Waals surface area contributed by atoms with Crippen LogP contribution in [-0.4, -0.2) is 43.2 Å². The number of aromatic nitrogens is 9. The highest BCUT2D eigenvalue weighted by Gasteiger charge is 2.27. The van der Waals surface area contributed by atoms with Crippen LogP contribution in [0.3, 0.4) is 0 Å². The Morgan fingerprint density at radius 3 is 1.24 bits per heavy atom. The van der Waals surface area contributed by atoms with Gasteiger partial charge in [-0.25, -0.2) is 24.9 Å². The smallest absolute Gasteiger partial charge is 0.164 e. The van der Waals surface area contributed by atoms with Crippen molar-refractivity contribution >= 4 is 98.0 Å².